The van der Waals surface area contributed by atoms with E-state index in [2.05, 4.69) is 20.9 Å². The maximum atomic E-state index is 13.3. The van der Waals surface area contributed by atoms with E-state index in [-0.39, 0.29) is 35.5 Å². The van der Waals surface area contributed by atoms with Gasteiger partial charge in [0.1, 0.15) is 17.6 Å². The molecule has 1 aliphatic heterocycles. The summed E-state index contributed by atoms with van der Waals surface area (Å²) in [5.41, 5.74) is 2.20. The molecule has 9 nitrogen and oxygen atoms in total. The Bertz CT molecular complexity index is 1270. The third-order valence-electron chi connectivity index (χ3n) is 6.33. The number of benzene rings is 3. The van der Waals surface area contributed by atoms with Gasteiger partial charge in [0.25, 0.3) is 0 Å². The van der Waals surface area contributed by atoms with E-state index in [1.54, 1.807) is 24.3 Å². The van der Waals surface area contributed by atoms with Gasteiger partial charge in [0.15, 0.2) is 0 Å². The van der Waals surface area contributed by atoms with E-state index in [0.29, 0.717) is 18.8 Å². The molecule has 5 N–H and O–H groups in total. The summed E-state index contributed by atoms with van der Waals surface area (Å²) in [6, 6.07) is 16.8. The van der Waals surface area contributed by atoms with Crippen LogP contribution in [0.15, 0.2) is 72.8 Å². The van der Waals surface area contributed by atoms with Crippen molar-refractivity contribution in [3.05, 3.63) is 95.3 Å². The lowest BCUT2D eigenvalue weighted by atomic mass is 10.0. The number of hydrogen-bond acceptors (Lipinski definition) is 5. The molecule has 2 atom stereocenters. The molecule has 1 fully saturated rings. The number of anilines is 1. The first kappa shape index (κ1) is 26.6. The number of phenols is 1. The fourth-order valence-corrected chi connectivity index (χ4v) is 4.34. The number of phenolic OH excluding ortho intramolecular Hbond substituents is 1. The fourth-order valence-electron chi connectivity index (χ4n) is 4.34. The van der Waals surface area contributed by atoms with E-state index in [0.717, 1.165) is 24.1 Å². The van der Waals surface area contributed by atoms with Crippen LogP contribution in [0, 0.1) is 5.82 Å². The van der Waals surface area contributed by atoms with Crippen LogP contribution in [0.2, 0.25) is 0 Å². The van der Waals surface area contributed by atoms with Crippen LogP contribution in [-0.2, 0) is 17.8 Å². The number of likely N-dealkylation sites (tertiary alicyclic amines) is 1. The largest absolute Gasteiger partial charge is 0.508 e. The molecule has 198 valence electrons. The Morgan fingerprint density at radius 2 is 1.61 bits per heavy atom. The van der Waals surface area contributed by atoms with Crippen molar-refractivity contribution in [3.8, 4) is 5.75 Å². The third kappa shape index (κ3) is 7.53. The average molecular weight is 521 g/mol. The van der Waals surface area contributed by atoms with Crippen molar-refractivity contribution < 1.29 is 29.0 Å². The number of carboxylic acids is 1. The Balaban J connectivity index is 1.37. The van der Waals surface area contributed by atoms with Crippen LogP contribution in [0.3, 0.4) is 0 Å². The van der Waals surface area contributed by atoms with Gasteiger partial charge >= 0.3 is 12.0 Å². The third-order valence-corrected chi connectivity index (χ3v) is 6.33. The van der Waals surface area contributed by atoms with E-state index in [1.807, 2.05) is 0 Å². The zero-order valence-electron chi connectivity index (χ0n) is 20.6. The van der Waals surface area contributed by atoms with Gasteiger partial charge in [0.05, 0.1) is 5.56 Å². The minimum atomic E-state index is -1.07. The highest BCUT2D eigenvalue weighted by Crippen LogP contribution is 2.16. The zero-order chi connectivity index (χ0) is 27.1. The van der Waals surface area contributed by atoms with Gasteiger partial charge in [-0.25, -0.2) is 14.0 Å². The van der Waals surface area contributed by atoms with Crippen LogP contribution in [0.5, 0.6) is 5.75 Å². The summed E-state index contributed by atoms with van der Waals surface area (Å²) in [5, 5.41) is 27.0. The molecule has 0 radical (unpaired) electrons. The standard InChI is InChI=1S/C28H29FN4O5/c29-21-7-1-19(2-8-21)16-33-14-13-23(17-33)30-26(35)25(15-18-3-11-24(34)12-4-18)32-28(38)31-22-9-5-20(6-10-22)27(36)37/h1-12,23,25,34H,13-17H2,(H,30,35)(H,36,37)(H2,31,32,38)/t23?,25-/m0/s1. The molecule has 0 bridgehead atoms. The van der Waals surface area contributed by atoms with Gasteiger partial charge in [-0.15, -0.1) is 0 Å². The second-order valence-electron chi connectivity index (χ2n) is 9.26. The number of nitrogens with zero attached hydrogens (tertiary/aromatic N) is 1. The van der Waals surface area contributed by atoms with Crippen LogP contribution < -0.4 is 16.0 Å². The SMILES string of the molecule is O=C(Nc1ccc(C(=O)O)cc1)N[C@@H](Cc1ccc(O)cc1)C(=O)NC1CCN(Cc2ccc(F)cc2)C1. The lowest BCUT2D eigenvalue weighted by Crippen LogP contribution is -2.52. The molecule has 1 aliphatic rings. The van der Waals surface area contributed by atoms with Gasteiger partial charge in [-0.05, 0) is 66.1 Å². The number of amides is 3. The number of carboxylic acid groups (broad SMARTS) is 1. The minimum Gasteiger partial charge on any atom is -0.508 e. The fraction of sp³-hybridized carbons (Fsp3) is 0.250. The Morgan fingerprint density at radius 1 is 0.947 bits per heavy atom. The summed E-state index contributed by atoms with van der Waals surface area (Å²) in [7, 11) is 0. The quantitative estimate of drug-likeness (QED) is 0.294. The molecule has 3 aromatic carbocycles. The van der Waals surface area contributed by atoms with Crippen molar-refractivity contribution >= 4 is 23.6 Å². The molecule has 38 heavy (non-hydrogen) atoms. The summed E-state index contributed by atoms with van der Waals surface area (Å²) >= 11 is 0. The van der Waals surface area contributed by atoms with Crippen molar-refractivity contribution in [2.45, 2.75) is 31.5 Å². The second-order valence-corrected chi connectivity index (χ2v) is 9.26. The molecular formula is C28H29FN4O5. The highest BCUT2D eigenvalue weighted by molar-refractivity contribution is 5.94. The molecule has 4 rings (SSSR count). The Hall–Kier alpha value is -4.44. The van der Waals surface area contributed by atoms with Gasteiger partial charge in [-0.3, -0.25) is 9.69 Å². The van der Waals surface area contributed by atoms with Crippen molar-refractivity contribution in [3.63, 3.8) is 0 Å². The molecule has 1 saturated heterocycles. The molecule has 3 amide bonds. The molecule has 1 unspecified atom stereocenters. The number of aromatic carboxylic acids is 1. The molecule has 1 heterocycles. The van der Waals surface area contributed by atoms with Crippen molar-refractivity contribution in [1.29, 1.82) is 0 Å². The van der Waals surface area contributed by atoms with E-state index >= 15 is 0 Å². The normalized spacial score (nSPS) is 16.0. The Morgan fingerprint density at radius 3 is 2.26 bits per heavy atom. The summed E-state index contributed by atoms with van der Waals surface area (Å²) in [4.78, 5) is 39.2. The van der Waals surface area contributed by atoms with Crippen LogP contribution in [0.25, 0.3) is 0 Å². The first-order valence-electron chi connectivity index (χ1n) is 12.2. The van der Waals surface area contributed by atoms with Gasteiger partial charge in [-0.1, -0.05) is 24.3 Å². The van der Waals surface area contributed by atoms with Gasteiger partial charge in [0.2, 0.25) is 5.91 Å². The lowest BCUT2D eigenvalue weighted by molar-refractivity contribution is -0.123. The molecule has 0 spiro atoms. The number of urea groups is 1. The lowest BCUT2D eigenvalue weighted by Gasteiger charge is -2.22. The topological polar surface area (TPSA) is 131 Å². The molecule has 0 aliphatic carbocycles. The monoisotopic (exact) mass is 520 g/mol. The van der Waals surface area contributed by atoms with Crippen LogP contribution in [0.4, 0.5) is 14.9 Å². The highest BCUT2D eigenvalue weighted by atomic mass is 19.1. The number of aromatic hydroxyl groups is 1. The van der Waals surface area contributed by atoms with E-state index in [1.165, 1.54) is 48.5 Å². The number of carbonyl (C=O) groups excluding carboxylic acids is 2. The summed E-state index contributed by atoms with van der Waals surface area (Å²) in [6.45, 7) is 2.04. The Kier molecular flexibility index (Phi) is 8.55. The summed E-state index contributed by atoms with van der Waals surface area (Å²) in [6.07, 6.45) is 0.935. The summed E-state index contributed by atoms with van der Waals surface area (Å²) < 4.78 is 13.2. The van der Waals surface area contributed by atoms with Crippen molar-refractivity contribution in [1.82, 2.24) is 15.5 Å². The van der Waals surface area contributed by atoms with Crippen molar-refractivity contribution in [2.24, 2.45) is 0 Å². The van der Waals surface area contributed by atoms with Gasteiger partial charge < -0.3 is 26.2 Å². The van der Waals surface area contributed by atoms with Crippen molar-refractivity contribution in [2.75, 3.05) is 18.4 Å². The summed E-state index contributed by atoms with van der Waals surface area (Å²) in [5.74, 6) is -1.61. The first-order valence-corrected chi connectivity index (χ1v) is 12.2. The van der Waals surface area contributed by atoms with E-state index in [9.17, 15) is 23.9 Å². The first-order chi connectivity index (χ1) is 18.2. The van der Waals surface area contributed by atoms with Crippen LogP contribution in [0.1, 0.15) is 27.9 Å². The number of hydrogen-bond donors (Lipinski definition) is 5. The maximum absolute atomic E-state index is 13.3. The highest BCUT2D eigenvalue weighted by Gasteiger charge is 2.28. The molecular weight excluding hydrogens is 491 g/mol. The maximum Gasteiger partial charge on any atom is 0.335 e. The zero-order valence-corrected chi connectivity index (χ0v) is 20.6. The number of halogens is 1. The Labute approximate surface area is 219 Å². The second kappa shape index (κ2) is 12.2. The number of carbonyl (C=O) groups is 3. The molecule has 0 aromatic heterocycles. The van der Waals surface area contributed by atoms with E-state index in [4.69, 9.17) is 5.11 Å². The molecule has 0 saturated carbocycles. The minimum absolute atomic E-state index is 0.0885. The van der Waals surface area contributed by atoms with Gasteiger partial charge in [0, 0.05) is 37.8 Å². The molecule has 10 heteroatoms. The van der Waals surface area contributed by atoms with Crippen LogP contribution in [-0.4, -0.2) is 58.2 Å². The predicted molar refractivity (Wildman–Crippen MR) is 139 cm³/mol. The van der Waals surface area contributed by atoms with Gasteiger partial charge in [-0.2, -0.15) is 0 Å². The van der Waals surface area contributed by atoms with E-state index < -0.39 is 18.0 Å². The van der Waals surface area contributed by atoms with Crippen LogP contribution >= 0.6 is 0 Å². The predicted octanol–water partition coefficient (Wildman–Crippen LogP) is 3.35. The smallest absolute Gasteiger partial charge is 0.335 e. The molecule has 3 aromatic rings. The number of nitrogens with one attached hydrogen (secondary N) is 3. The number of rotatable bonds is 9. The average Bonchev–Trinajstić information content (AvgIpc) is 3.33.